The van der Waals surface area contributed by atoms with E-state index in [4.69, 9.17) is 0 Å². The normalized spacial score (nSPS) is 20.6. The molecule has 0 spiro atoms. The van der Waals surface area contributed by atoms with Gasteiger partial charge in [-0.25, -0.2) is 28.7 Å². The molecule has 41 heavy (non-hydrogen) atoms. The van der Waals surface area contributed by atoms with E-state index in [9.17, 15) is 4.39 Å². The van der Waals surface area contributed by atoms with Crippen molar-refractivity contribution < 1.29 is 8.78 Å². The Kier molecular flexibility index (Phi) is 7.46. The Labute approximate surface area is 239 Å². The number of piperidine rings is 1. The van der Waals surface area contributed by atoms with Crippen LogP contribution in [0.5, 0.6) is 0 Å². The fourth-order valence-corrected chi connectivity index (χ4v) is 6.66. The van der Waals surface area contributed by atoms with Crippen LogP contribution < -0.4 is 5.32 Å². The van der Waals surface area contributed by atoms with Gasteiger partial charge in [0.1, 0.15) is 22.9 Å². The SMILES string of the molecule is CCN1C[C@H]2CC[C@@H]1CN([C@H](C)c1ccc(Nc3ncc(F)c(-c4cc(F)c5nc(C)n(C(C)C)c5c4)n3)nc1)C2. The van der Waals surface area contributed by atoms with Gasteiger partial charge in [0.05, 0.1) is 11.7 Å². The van der Waals surface area contributed by atoms with Crippen molar-refractivity contribution in [3.05, 3.63) is 59.7 Å². The molecule has 1 N–H and O–H groups in total. The maximum absolute atomic E-state index is 15.0. The maximum atomic E-state index is 15.0. The van der Waals surface area contributed by atoms with Gasteiger partial charge in [0.2, 0.25) is 5.95 Å². The van der Waals surface area contributed by atoms with Crippen molar-refractivity contribution >= 4 is 22.8 Å². The van der Waals surface area contributed by atoms with Gasteiger partial charge >= 0.3 is 0 Å². The lowest BCUT2D eigenvalue weighted by Crippen LogP contribution is -2.43. The first-order chi connectivity index (χ1) is 19.7. The molecule has 2 bridgehead atoms. The second-order valence-electron chi connectivity index (χ2n) is 11.8. The highest BCUT2D eigenvalue weighted by Crippen LogP contribution is 2.33. The van der Waals surface area contributed by atoms with E-state index >= 15 is 4.39 Å². The molecule has 0 radical (unpaired) electrons. The summed E-state index contributed by atoms with van der Waals surface area (Å²) in [5.41, 5.74) is 2.36. The molecule has 6 heterocycles. The van der Waals surface area contributed by atoms with Crippen LogP contribution in [0.1, 0.15) is 64.0 Å². The van der Waals surface area contributed by atoms with Crippen LogP contribution in [-0.2, 0) is 0 Å². The van der Waals surface area contributed by atoms with Crippen LogP contribution in [-0.4, -0.2) is 66.5 Å². The Morgan fingerprint density at radius 2 is 1.80 bits per heavy atom. The van der Waals surface area contributed by atoms with E-state index < -0.39 is 11.6 Å². The molecule has 3 saturated heterocycles. The van der Waals surface area contributed by atoms with Crippen LogP contribution >= 0.6 is 0 Å². The molecule has 3 aliphatic rings. The maximum Gasteiger partial charge on any atom is 0.229 e. The van der Waals surface area contributed by atoms with Gasteiger partial charge in [0.15, 0.2) is 11.6 Å². The largest absolute Gasteiger partial charge is 0.326 e. The third-order valence-corrected chi connectivity index (χ3v) is 8.78. The lowest BCUT2D eigenvalue weighted by molar-refractivity contribution is 0.135. The Bertz CT molecular complexity index is 1550. The number of hydrogen-bond donors (Lipinski definition) is 1. The summed E-state index contributed by atoms with van der Waals surface area (Å²) in [6, 6.07) is 7.95. The van der Waals surface area contributed by atoms with Gasteiger partial charge in [-0.15, -0.1) is 0 Å². The van der Waals surface area contributed by atoms with Gasteiger partial charge in [-0.3, -0.25) is 9.80 Å². The van der Waals surface area contributed by atoms with Gasteiger partial charge in [0, 0.05) is 49.5 Å². The summed E-state index contributed by atoms with van der Waals surface area (Å²) >= 11 is 0. The number of pyridine rings is 1. The molecule has 3 atom stereocenters. The van der Waals surface area contributed by atoms with Crippen LogP contribution in [0.3, 0.4) is 0 Å². The molecule has 216 valence electrons. The first-order valence-corrected chi connectivity index (χ1v) is 14.6. The molecule has 4 aromatic rings. The summed E-state index contributed by atoms with van der Waals surface area (Å²) in [5, 5.41) is 3.09. The quantitative estimate of drug-likeness (QED) is 0.285. The summed E-state index contributed by atoms with van der Waals surface area (Å²) in [6.07, 6.45) is 5.58. The molecule has 8 nitrogen and oxygen atoms in total. The Morgan fingerprint density at radius 3 is 2.54 bits per heavy atom. The van der Waals surface area contributed by atoms with E-state index in [1.54, 1.807) is 6.07 Å². The Morgan fingerprint density at radius 1 is 0.976 bits per heavy atom. The number of aromatic nitrogens is 5. The van der Waals surface area contributed by atoms with Crippen molar-refractivity contribution in [1.29, 1.82) is 0 Å². The number of benzene rings is 1. The highest BCUT2D eigenvalue weighted by atomic mass is 19.1. The molecule has 7 rings (SSSR count). The molecule has 1 aromatic carbocycles. The number of nitrogens with one attached hydrogen (secondary N) is 1. The van der Waals surface area contributed by atoms with Gasteiger partial charge in [-0.1, -0.05) is 13.0 Å². The third-order valence-electron chi connectivity index (χ3n) is 8.78. The smallest absolute Gasteiger partial charge is 0.229 e. The minimum Gasteiger partial charge on any atom is -0.326 e. The van der Waals surface area contributed by atoms with Crippen molar-refractivity contribution in [3.63, 3.8) is 0 Å². The average molecular weight is 561 g/mol. The molecular formula is C31H38F2N8. The molecule has 3 fully saturated rings. The number of anilines is 2. The number of hydrogen-bond acceptors (Lipinski definition) is 7. The lowest BCUT2D eigenvalue weighted by Gasteiger charge is -2.35. The second-order valence-corrected chi connectivity index (χ2v) is 11.8. The highest BCUT2D eigenvalue weighted by molar-refractivity contribution is 5.83. The van der Waals surface area contributed by atoms with Crippen molar-refractivity contribution in [2.75, 3.05) is 31.5 Å². The van der Waals surface area contributed by atoms with Gasteiger partial charge < -0.3 is 9.88 Å². The van der Waals surface area contributed by atoms with Crippen LogP contribution in [0.25, 0.3) is 22.3 Å². The van der Waals surface area contributed by atoms with Crippen LogP contribution in [0.4, 0.5) is 20.5 Å². The van der Waals surface area contributed by atoms with Crippen LogP contribution in [0, 0.1) is 24.5 Å². The zero-order valence-electron chi connectivity index (χ0n) is 24.4. The van der Waals surface area contributed by atoms with Crippen molar-refractivity contribution in [3.8, 4) is 11.3 Å². The molecule has 0 amide bonds. The number of imidazole rings is 1. The number of nitrogens with zero attached hydrogens (tertiary/aromatic N) is 7. The highest BCUT2D eigenvalue weighted by Gasteiger charge is 2.35. The molecule has 10 heteroatoms. The second kappa shape index (κ2) is 11.1. The summed E-state index contributed by atoms with van der Waals surface area (Å²) in [7, 11) is 0. The Balaban J connectivity index is 1.21. The monoisotopic (exact) mass is 560 g/mol. The topological polar surface area (TPSA) is 75.0 Å². The van der Waals surface area contributed by atoms with Gasteiger partial charge in [-0.2, -0.15) is 0 Å². The van der Waals surface area contributed by atoms with Crippen molar-refractivity contribution in [2.45, 2.75) is 65.6 Å². The molecule has 3 aromatic heterocycles. The molecule has 3 aliphatic heterocycles. The molecule has 0 saturated carbocycles. The summed E-state index contributed by atoms with van der Waals surface area (Å²) in [6.45, 7) is 14.9. The van der Waals surface area contributed by atoms with E-state index in [0.717, 1.165) is 37.3 Å². The van der Waals surface area contributed by atoms with Crippen LogP contribution in [0.2, 0.25) is 0 Å². The zero-order chi connectivity index (χ0) is 28.8. The number of rotatable bonds is 7. The number of likely N-dealkylation sites (N-methyl/N-ethyl adjacent to an activating group) is 1. The fourth-order valence-electron chi connectivity index (χ4n) is 6.66. The van der Waals surface area contributed by atoms with Crippen molar-refractivity contribution in [1.82, 2.24) is 34.3 Å². The van der Waals surface area contributed by atoms with Gasteiger partial charge in [-0.05, 0) is 76.8 Å². The summed E-state index contributed by atoms with van der Waals surface area (Å²) in [5.74, 6) is 1.02. The first kappa shape index (κ1) is 27.7. The lowest BCUT2D eigenvalue weighted by atomic mass is 9.95. The fraction of sp³-hybridized carbons (Fsp3) is 0.484. The number of aryl methyl sites for hydroxylation is 1. The minimum atomic E-state index is -0.633. The molecule has 0 aliphatic carbocycles. The van der Waals surface area contributed by atoms with E-state index in [2.05, 4.69) is 55.0 Å². The van der Waals surface area contributed by atoms with E-state index in [1.807, 2.05) is 37.6 Å². The Hall–Kier alpha value is -3.50. The van der Waals surface area contributed by atoms with E-state index in [1.165, 1.54) is 25.5 Å². The molecule has 0 unspecified atom stereocenters. The minimum absolute atomic E-state index is 0.0135. The van der Waals surface area contributed by atoms with Crippen LogP contribution in [0.15, 0.2) is 36.7 Å². The number of halogens is 2. The van der Waals surface area contributed by atoms with E-state index in [-0.39, 0.29) is 29.2 Å². The first-order valence-electron chi connectivity index (χ1n) is 14.6. The zero-order valence-corrected chi connectivity index (χ0v) is 24.4. The third kappa shape index (κ3) is 5.30. The predicted molar refractivity (Wildman–Crippen MR) is 157 cm³/mol. The average Bonchev–Trinajstić information content (AvgIpc) is 3.08. The van der Waals surface area contributed by atoms with Crippen molar-refractivity contribution in [2.24, 2.45) is 5.92 Å². The standard InChI is InChI=1S/C31H38F2N8/c1-6-39-15-21-7-9-24(39)17-40(16-21)19(4)22-8-10-28(34-13-22)37-31-35-14-26(33)29(38-31)23-11-25(32)30-27(12-23)41(18(2)3)20(5)36-30/h8,10-14,18-19,21,24H,6-7,9,15-17H2,1-5H3,(H,34,35,37,38)/t19-,21-,24-/m1/s1. The molecular weight excluding hydrogens is 522 g/mol. The summed E-state index contributed by atoms with van der Waals surface area (Å²) < 4.78 is 31.9. The summed E-state index contributed by atoms with van der Waals surface area (Å²) in [4.78, 5) is 22.7. The van der Waals surface area contributed by atoms with Gasteiger partial charge in [0.25, 0.3) is 0 Å². The van der Waals surface area contributed by atoms with E-state index in [0.29, 0.717) is 28.8 Å². The number of fused-ring (bicyclic) bond motifs is 5. The predicted octanol–water partition coefficient (Wildman–Crippen LogP) is 6.28.